The van der Waals surface area contributed by atoms with Crippen LogP contribution in [0.5, 0.6) is 0 Å². The van der Waals surface area contributed by atoms with Crippen LogP contribution in [-0.2, 0) is 6.54 Å². The number of thiazole rings is 1. The molecule has 0 aromatic carbocycles. The van der Waals surface area contributed by atoms with E-state index < -0.39 is 0 Å². The Morgan fingerprint density at radius 1 is 1.67 bits per heavy atom. The molecular weight excluding hydrogens is 208 g/mol. The number of hydrogen-bond donors (Lipinski definition) is 2. The lowest BCUT2D eigenvalue weighted by Gasteiger charge is -2.25. The molecule has 1 aromatic heterocycles. The Hall–Kier alpha value is -0.940. The summed E-state index contributed by atoms with van der Waals surface area (Å²) in [5.41, 5.74) is 5.36. The van der Waals surface area contributed by atoms with Crippen molar-refractivity contribution in [3.63, 3.8) is 0 Å². The van der Waals surface area contributed by atoms with E-state index in [1.807, 2.05) is 11.6 Å². The third-order valence-corrected chi connectivity index (χ3v) is 2.98. The highest BCUT2D eigenvalue weighted by atomic mass is 32.1. The summed E-state index contributed by atoms with van der Waals surface area (Å²) in [7, 11) is 0. The lowest BCUT2D eigenvalue weighted by atomic mass is 10.2. The van der Waals surface area contributed by atoms with Crippen molar-refractivity contribution in [1.29, 1.82) is 5.41 Å². The molecular formula is C10H18N4S. The van der Waals surface area contributed by atoms with Gasteiger partial charge in [-0.3, -0.25) is 10.3 Å². The predicted molar refractivity (Wildman–Crippen MR) is 64.2 cm³/mol. The molecule has 0 aliphatic carbocycles. The fourth-order valence-electron chi connectivity index (χ4n) is 1.29. The number of nitrogens with two attached hydrogens (primary N) is 1. The standard InChI is InChI=1S/C10H18N4S/c1-8(2)14(5-3-9(11)12)7-10-13-4-6-15-10/h4,6,8H,3,5,7H2,1-2H3,(H3,11,12). The van der Waals surface area contributed by atoms with Gasteiger partial charge >= 0.3 is 0 Å². The van der Waals surface area contributed by atoms with E-state index in [-0.39, 0.29) is 5.84 Å². The topological polar surface area (TPSA) is 66.0 Å². The van der Waals surface area contributed by atoms with Gasteiger partial charge in [0.25, 0.3) is 0 Å². The SMILES string of the molecule is CC(C)N(CCC(=N)N)Cc1nccs1. The molecule has 0 unspecified atom stereocenters. The summed E-state index contributed by atoms with van der Waals surface area (Å²) in [6.45, 7) is 5.97. The van der Waals surface area contributed by atoms with Gasteiger partial charge < -0.3 is 5.73 Å². The summed E-state index contributed by atoms with van der Waals surface area (Å²) in [5, 5.41) is 10.3. The lowest BCUT2D eigenvalue weighted by Crippen LogP contribution is -2.33. The van der Waals surface area contributed by atoms with E-state index in [9.17, 15) is 0 Å². The summed E-state index contributed by atoms with van der Waals surface area (Å²) in [6.07, 6.45) is 2.45. The van der Waals surface area contributed by atoms with E-state index in [0.29, 0.717) is 12.5 Å². The molecule has 3 N–H and O–H groups in total. The first-order valence-corrected chi connectivity index (χ1v) is 5.93. The minimum Gasteiger partial charge on any atom is -0.388 e. The summed E-state index contributed by atoms with van der Waals surface area (Å²) in [6, 6.07) is 0.452. The molecule has 4 nitrogen and oxygen atoms in total. The molecule has 0 saturated carbocycles. The largest absolute Gasteiger partial charge is 0.388 e. The van der Waals surface area contributed by atoms with E-state index in [4.69, 9.17) is 11.1 Å². The van der Waals surface area contributed by atoms with Crippen LogP contribution in [0.4, 0.5) is 0 Å². The predicted octanol–water partition coefficient (Wildman–Crippen LogP) is 1.68. The van der Waals surface area contributed by atoms with Gasteiger partial charge in [-0.2, -0.15) is 0 Å². The summed E-state index contributed by atoms with van der Waals surface area (Å²) in [4.78, 5) is 6.54. The molecule has 0 aliphatic heterocycles. The first-order chi connectivity index (χ1) is 7.09. The van der Waals surface area contributed by atoms with E-state index in [1.165, 1.54) is 0 Å². The zero-order chi connectivity index (χ0) is 11.3. The van der Waals surface area contributed by atoms with Crippen LogP contribution in [-0.4, -0.2) is 28.3 Å². The molecule has 0 spiro atoms. The van der Waals surface area contributed by atoms with Crippen LogP contribution in [0.1, 0.15) is 25.3 Å². The quantitative estimate of drug-likeness (QED) is 0.573. The number of aromatic nitrogens is 1. The highest BCUT2D eigenvalue weighted by Gasteiger charge is 2.11. The number of amidine groups is 1. The Balaban J connectivity index is 2.47. The molecule has 1 aromatic rings. The molecule has 0 fully saturated rings. The number of nitrogens with one attached hydrogen (secondary N) is 1. The van der Waals surface area contributed by atoms with Crippen molar-refractivity contribution in [2.24, 2.45) is 5.73 Å². The molecule has 1 rings (SSSR count). The minimum absolute atomic E-state index is 0.250. The number of hydrogen-bond acceptors (Lipinski definition) is 4. The van der Waals surface area contributed by atoms with Gasteiger partial charge in [-0.1, -0.05) is 0 Å². The van der Waals surface area contributed by atoms with E-state index in [1.54, 1.807) is 11.3 Å². The first kappa shape index (κ1) is 12.1. The van der Waals surface area contributed by atoms with Crippen molar-refractivity contribution in [3.8, 4) is 0 Å². The average Bonchev–Trinajstić information content (AvgIpc) is 2.63. The number of nitrogens with zero attached hydrogens (tertiary/aromatic N) is 2. The smallest absolute Gasteiger partial charge is 0.107 e. The van der Waals surface area contributed by atoms with Crippen molar-refractivity contribution in [1.82, 2.24) is 9.88 Å². The second-order valence-electron chi connectivity index (χ2n) is 3.77. The van der Waals surface area contributed by atoms with Gasteiger partial charge in [0.2, 0.25) is 0 Å². The van der Waals surface area contributed by atoms with Crippen molar-refractivity contribution in [3.05, 3.63) is 16.6 Å². The van der Waals surface area contributed by atoms with Crippen LogP contribution in [0.25, 0.3) is 0 Å². The van der Waals surface area contributed by atoms with Gasteiger partial charge in [0.15, 0.2) is 0 Å². The van der Waals surface area contributed by atoms with Gasteiger partial charge in [-0.25, -0.2) is 4.98 Å². The van der Waals surface area contributed by atoms with Crippen molar-refractivity contribution in [2.45, 2.75) is 32.9 Å². The van der Waals surface area contributed by atoms with Gasteiger partial charge in [-0.05, 0) is 13.8 Å². The van der Waals surface area contributed by atoms with Crippen LogP contribution >= 0.6 is 11.3 Å². The Kier molecular flexibility index (Phi) is 4.71. The summed E-state index contributed by atoms with van der Waals surface area (Å²) >= 11 is 1.67. The second-order valence-corrected chi connectivity index (χ2v) is 4.74. The van der Waals surface area contributed by atoms with Crippen molar-refractivity contribution < 1.29 is 0 Å². The Bertz CT molecular complexity index is 294. The van der Waals surface area contributed by atoms with Gasteiger partial charge in [0.05, 0.1) is 12.4 Å². The fraction of sp³-hybridized carbons (Fsp3) is 0.600. The third-order valence-electron chi connectivity index (χ3n) is 2.22. The molecule has 0 amide bonds. The molecule has 0 aliphatic rings. The fourth-order valence-corrected chi connectivity index (χ4v) is 1.93. The van der Waals surface area contributed by atoms with Crippen LogP contribution in [0.15, 0.2) is 11.6 Å². The van der Waals surface area contributed by atoms with Crippen LogP contribution in [0.2, 0.25) is 0 Å². The van der Waals surface area contributed by atoms with Crippen LogP contribution < -0.4 is 5.73 Å². The molecule has 84 valence electrons. The van der Waals surface area contributed by atoms with Crippen molar-refractivity contribution >= 4 is 17.2 Å². The molecule has 0 bridgehead atoms. The molecule has 0 radical (unpaired) electrons. The molecule has 15 heavy (non-hydrogen) atoms. The summed E-state index contributed by atoms with van der Waals surface area (Å²) < 4.78 is 0. The molecule has 0 atom stereocenters. The maximum Gasteiger partial charge on any atom is 0.107 e. The van der Waals surface area contributed by atoms with Crippen molar-refractivity contribution in [2.75, 3.05) is 6.54 Å². The number of rotatable bonds is 6. The van der Waals surface area contributed by atoms with Gasteiger partial charge in [0.1, 0.15) is 5.01 Å². The van der Waals surface area contributed by atoms with Gasteiger partial charge in [0, 0.05) is 30.6 Å². The average molecular weight is 226 g/mol. The first-order valence-electron chi connectivity index (χ1n) is 5.05. The zero-order valence-corrected chi connectivity index (χ0v) is 10.0. The summed E-state index contributed by atoms with van der Waals surface area (Å²) in [5.74, 6) is 0.250. The lowest BCUT2D eigenvalue weighted by molar-refractivity contribution is 0.218. The molecule has 5 heteroatoms. The van der Waals surface area contributed by atoms with E-state index in [2.05, 4.69) is 23.7 Å². The van der Waals surface area contributed by atoms with Crippen LogP contribution in [0.3, 0.4) is 0 Å². The monoisotopic (exact) mass is 226 g/mol. The zero-order valence-electron chi connectivity index (χ0n) is 9.23. The van der Waals surface area contributed by atoms with E-state index >= 15 is 0 Å². The van der Waals surface area contributed by atoms with E-state index in [0.717, 1.165) is 18.1 Å². The minimum atomic E-state index is 0.250. The third kappa shape index (κ3) is 4.40. The Morgan fingerprint density at radius 3 is 2.87 bits per heavy atom. The highest BCUT2D eigenvalue weighted by molar-refractivity contribution is 7.09. The van der Waals surface area contributed by atoms with Gasteiger partial charge in [-0.15, -0.1) is 11.3 Å². The maximum absolute atomic E-state index is 7.22. The normalized spacial score (nSPS) is 11.2. The maximum atomic E-state index is 7.22. The molecule has 1 heterocycles. The Labute approximate surface area is 94.6 Å². The second kappa shape index (κ2) is 5.82. The molecule has 0 saturated heterocycles. The highest BCUT2D eigenvalue weighted by Crippen LogP contribution is 2.11. The Morgan fingerprint density at radius 2 is 2.40 bits per heavy atom. The van der Waals surface area contributed by atoms with Crippen LogP contribution in [0, 0.1) is 5.41 Å².